The maximum atomic E-state index is 13.3. The van der Waals surface area contributed by atoms with Crippen LogP contribution in [-0.4, -0.2) is 31.8 Å². The molecule has 7 nitrogen and oxygen atoms in total. The van der Waals surface area contributed by atoms with E-state index in [9.17, 15) is 15.2 Å². The molecule has 0 aliphatic heterocycles. The van der Waals surface area contributed by atoms with Gasteiger partial charge >= 0.3 is 5.97 Å². The molecule has 2 aromatic heterocycles. The zero-order valence-electron chi connectivity index (χ0n) is 18.6. The number of phenolic OH excluding ortho intramolecular Hbond substituents is 1. The standard InChI is InChI=1S/C24H28N4O3/c1-12-6-7-19(29)17(10-12)22-26-23-20(18(11-25)16(5)28(23)27-22)24(30)31-21-14(3)8-13(2)9-15(21)4/h6-7,10,13-15,21,29H,8-9H2,1-5H3,(H,26,27). The summed E-state index contributed by atoms with van der Waals surface area (Å²) in [7, 11) is 0. The highest BCUT2D eigenvalue weighted by Crippen LogP contribution is 2.36. The summed E-state index contributed by atoms with van der Waals surface area (Å²) >= 11 is 0. The number of H-pyrrole nitrogens is 1. The van der Waals surface area contributed by atoms with Crippen molar-refractivity contribution in [3.8, 4) is 23.2 Å². The van der Waals surface area contributed by atoms with Crippen molar-refractivity contribution < 1.29 is 14.6 Å². The minimum Gasteiger partial charge on any atom is -0.507 e. The molecule has 2 heterocycles. The van der Waals surface area contributed by atoms with Crippen LogP contribution in [0.1, 0.15) is 60.8 Å². The molecule has 1 aromatic carbocycles. The van der Waals surface area contributed by atoms with E-state index in [-0.39, 0.29) is 34.8 Å². The largest absolute Gasteiger partial charge is 0.507 e. The molecule has 2 N–H and O–H groups in total. The third-order valence-electron chi connectivity index (χ3n) is 6.45. The van der Waals surface area contributed by atoms with E-state index in [4.69, 9.17) is 4.74 Å². The number of ether oxygens (including phenoxy) is 1. The Morgan fingerprint density at radius 1 is 1.26 bits per heavy atom. The number of aryl methyl sites for hydroxylation is 2. The van der Waals surface area contributed by atoms with Gasteiger partial charge in [-0.05, 0) is 56.6 Å². The summed E-state index contributed by atoms with van der Waals surface area (Å²) in [5.74, 6) is 1.11. The quantitative estimate of drug-likeness (QED) is 0.595. The summed E-state index contributed by atoms with van der Waals surface area (Å²) in [6.07, 6.45) is 1.83. The van der Waals surface area contributed by atoms with Crippen LogP contribution < -0.4 is 0 Å². The molecule has 1 saturated carbocycles. The number of hydrogen-bond acceptors (Lipinski definition) is 5. The molecule has 0 radical (unpaired) electrons. The normalized spacial score (nSPS) is 23.6. The zero-order valence-corrected chi connectivity index (χ0v) is 18.6. The molecule has 1 aliphatic rings. The van der Waals surface area contributed by atoms with Gasteiger partial charge in [0.15, 0.2) is 11.5 Å². The van der Waals surface area contributed by atoms with Gasteiger partial charge in [-0.15, -0.1) is 0 Å². The molecule has 7 heteroatoms. The molecule has 1 fully saturated rings. The lowest BCUT2D eigenvalue weighted by atomic mass is 9.75. The first kappa shape index (κ1) is 21.0. The van der Waals surface area contributed by atoms with Crippen molar-refractivity contribution >= 4 is 11.6 Å². The van der Waals surface area contributed by atoms with Crippen LogP contribution in [0.25, 0.3) is 17.0 Å². The lowest BCUT2D eigenvalue weighted by molar-refractivity contribution is -0.0250. The predicted octanol–water partition coefficient (Wildman–Crippen LogP) is 4.75. The number of aromatic amines is 1. The lowest BCUT2D eigenvalue weighted by Gasteiger charge is -2.37. The van der Waals surface area contributed by atoms with Crippen LogP contribution in [0.2, 0.25) is 0 Å². The molecule has 2 atom stereocenters. The van der Waals surface area contributed by atoms with E-state index < -0.39 is 5.97 Å². The molecule has 0 bridgehead atoms. The van der Waals surface area contributed by atoms with E-state index in [1.807, 2.05) is 19.1 Å². The van der Waals surface area contributed by atoms with Crippen LogP contribution in [0.4, 0.5) is 0 Å². The third kappa shape index (κ3) is 3.56. The Bertz CT molecular complexity index is 1190. The summed E-state index contributed by atoms with van der Waals surface area (Å²) < 4.78 is 7.58. The number of aromatic nitrogens is 3. The summed E-state index contributed by atoms with van der Waals surface area (Å²) in [5.41, 5.74) is 2.84. The zero-order chi connectivity index (χ0) is 22.4. The fourth-order valence-electron chi connectivity index (χ4n) is 5.05. The molecule has 2 unspecified atom stereocenters. The average molecular weight is 421 g/mol. The number of rotatable bonds is 3. The first-order chi connectivity index (χ1) is 14.7. The van der Waals surface area contributed by atoms with Crippen molar-refractivity contribution in [2.75, 3.05) is 0 Å². The minimum absolute atomic E-state index is 0.0869. The average Bonchev–Trinajstić information content (AvgIpc) is 3.24. The van der Waals surface area contributed by atoms with E-state index in [0.717, 1.165) is 18.4 Å². The van der Waals surface area contributed by atoms with Crippen LogP contribution in [0.3, 0.4) is 0 Å². The smallest absolute Gasteiger partial charge is 0.343 e. The number of carbonyl (C=O) groups is 1. The second-order valence-electron chi connectivity index (χ2n) is 9.10. The van der Waals surface area contributed by atoms with Crippen molar-refractivity contribution in [2.45, 2.75) is 53.6 Å². The number of esters is 1. The highest BCUT2D eigenvalue weighted by atomic mass is 16.5. The van der Waals surface area contributed by atoms with Crippen LogP contribution >= 0.6 is 0 Å². The first-order valence-electron chi connectivity index (χ1n) is 10.7. The number of nitrogens with zero attached hydrogens (tertiary/aromatic N) is 3. The van der Waals surface area contributed by atoms with Crippen LogP contribution in [0, 0.1) is 42.9 Å². The molecule has 0 saturated heterocycles. The van der Waals surface area contributed by atoms with E-state index in [2.05, 4.69) is 36.9 Å². The molecule has 0 amide bonds. The van der Waals surface area contributed by atoms with Gasteiger partial charge in [0, 0.05) is 0 Å². The fraction of sp³-hybridized carbons (Fsp3) is 0.458. The van der Waals surface area contributed by atoms with Gasteiger partial charge < -0.3 is 9.84 Å². The molecule has 162 valence electrons. The summed E-state index contributed by atoms with van der Waals surface area (Å²) in [6.45, 7) is 10.1. The maximum Gasteiger partial charge on any atom is 0.343 e. The molecule has 3 aromatic rings. The van der Waals surface area contributed by atoms with Crippen molar-refractivity contribution in [1.29, 1.82) is 5.26 Å². The minimum atomic E-state index is -0.521. The van der Waals surface area contributed by atoms with Gasteiger partial charge in [-0.1, -0.05) is 32.4 Å². The molecule has 0 spiro atoms. The number of benzene rings is 1. The highest BCUT2D eigenvalue weighted by Gasteiger charge is 2.36. The Hall–Kier alpha value is -3.27. The molecule has 4 rings (SSSR count). The van der Waals surface area contributed by atoms with Crippen LogP contribution in [0.5, 0.6) is 5.75 Å². The van der Waals surface area contributed by atoms with E-state index in [1.54, 1.807) is 17.5 Å². The fourth-order valence-corrected chi connectivity index (χ4v) is 5.05. The van der Waals surface area contributed by atoms with Crippen molar-refractivity contribution in [3.63, 3.8) is 0 Å². The Labute approximate surface area is 181 Å². The van der Waals surface area contributed by atoms with Crippen molar-refractivity contribution in [2.24, 2.45) is 17.8 Å². The Morgan fingerprint density at radius 2 is 1.94 bits per heavy atom. The van der Waals surface area contributed by atoms with E-state index in [0.29, 0.717) is 28.6 Å². The number of hydrogen-bond donors (Lipinski definition) is 2. The van der Waals surface area contributed by atoms with E-state index >= 15 is 0 Å². The highest BCUT2D eigenvalue weighted by molar-refractivity contribution is 6.00. The second kappa shape index (κ2) is 7.77. The molecular weight excluding hydrogens is 392 g/mol. The molecule has 1 aliphatic carbocycles. The Balaban J connectivity index is 1.76. The summed E-state index contributed by atoms with van der Waals surface area (Å²) in [6, 6.07) is 7.37. The topological polar surface area (TPSA) is 103 Å². The Kier molecular flexibility index (Phi) is 5.26. The SMILES string of the molecule is Cc1ccc(O)c(-c2nc3c(C(=O)OC4C(C)CC(C)CC4C)c(C#N)c(C)n3[nH]2)c1. The molecular formula is C24H28N4O3. The predicted molar refractivity (Wildman–Crippen MR) is 117 cm³/mol. The number of nitriles is 1. The van der Waals surface area contributed by atoms with Crippen LogP contribution in [-0.2, 0) is 4.74 Å². The third-order valence-corrected chi connectivity index (χ3v) is 6.45. The van der Waals surface area contributed by atoms with Crippen molar-refractivity contribution in [3.05, 3.63) is 40.6 Å². The van der Waals surface area contributed by atoms with Gasteiger partial charge in [-0.3, -0.25) is 5.10 Å². The number of fused-ring (bicyclic) bond motifs is 1. The first-order valence-corrected chi connectivity index (χ1v) is 10.7. The van der Waals surface area contributed by atoms with Gasteiger partial charge in [-0.25, -0.2) is 14.3 Å². The molecule has 31 heavy (non-hydrogen) atoms. The lowest BCUT2D eigenvalue weighted by Crippen LogP contribution is -2.37. The number of aromatic hydroxyl groups is 1. The van der Waals surface area contributed by atoms with Gasteiger partial charge in [0.1, 0.15) is 23.5 Å². The monoisotopic (exact) mass is 420 g/mol. The Morgan fingerprint density at radius 3 is 2.58 bits per heavy atom. The van der Waals surface area contributed by atoms with Gasteiger partial charge in [0.2, 0.25) is 0 Å². The van der Waals surface area contributed by atoms with Crippen molar-refractivity contribution in [1.82, 2.24) is 14.6 Å². The summed E-state index contributed by atoms with van der Waals surface area (Å²) in [5, 5.41) is 23.1. The van der Waals surface area contributed by atoms with Crippen LogP contribution in [0.15, 0.2) is 18.2 Å². The van der Waals surface area contributed by atoms with Gasteiger partial charge in [0.05, 0.1) is 16.8 Å². The van der Waals surface area contributed by atoms with E-state index in [1.165, 1.54) is 0 Å². The van der Waals surface area contributed by atoms with Gasteiger partial charge in [0.25, 0.3) is 0 Å². The second-order valence-corrected chi connectivity index (χ2v) is 9.10. The number of nitrogens with one attached hydrogen (secondary N) is 1. The number of phenols is 1. The van der Waals surface area contributed by atoms with Gasteiger partial charge in [-0.2, -0.15) is 5.26 Å². The maximum absolute atomic E-state index is 13.3. The summed E-state index contributed by atoms with van der Waals surface area (Å²) in [4.78, 5) is 17.8. The number of carbonyl (C=O) groups excluding carboxylic acids is 1.